The molecule has 1 aliphatic heterocycles. The first-order valence-electron chi connectivity index (χ1n) is 10.5. The van der Waals surface area contributed by atoms with Crippen LogP contribution in [0.2, 0.25) is 0 Å². The number of nitrogens with one attached hydrogen (secondary N) is 1. The summed E-state index contributed by atoms with van der Waals surface area (Å²) in [7, 11) is 0. The fourth-order valence-electron chi connectivity index (χ4n) is 4.12. The summed E-state index contributed by atoms with van der Waals surface area (Å²) in [6.07, 6.45) is 3.78. The standard InChI is InChI=1S/C23H29N5O/c1-4-28-21(14-20(26-28)16(2)3)23(29)27-12-10-18(11-13-27)22-19(15-24-25-22)17-8-6-5-7-9-17/h5-9,14-16,18H,4,10-13H2,1-3H3,(H,24,25). The van der Waals surface area contributed by atoms with Crippen LogP contribution in [-0.2, 0) is 6.54 Å². The summed E-state index contributed by atoms with van der Waals surface area (Å²) in [6, 6.07) is 12.3. The Morgan fingerprint density at radius 3 is 2.59 bits per heavy atom. The molecule has 0 radical (unpaired) electrons. The quantitative estimate of drug-likeness (QED) is 0.699. The van der Waals surface area contributed by atoms with Crippen molar-refractivity contribution in [1.29, 1.82) is 0 Å². The van der Waals surface area contributed by atoms with Gasteiger partial charge >= 0.3 is 0 Å². The lowest BCUT2D eigenvalue weighted by molar-refractivity contribution is 0.0699. The van der Waals surface area contributed by atoms with Gasteiger partial charge in [0, 0.05) is 36.8 Å². The Morgan fingerprint density at radius 1 is 1.21 bits per heavy atom. The molecule has 29 heavy (non-hydrogen) atoms. The molecule has 0 saturated carbocycles. The number of H-pyrrole nitrogens is 1. The molecule has 0 bridgehead atoms. The minimum atomic E-state index is 0.0950. The zero-order chi connectivity index (χ0) is 20.4. The Morgan fingerprint density at radius 2 is 1.93 bits per heavy atom. The first-order valence-corrected chi connectivity index (χ1v) is 10.5. The Bertz CT molecular complexity index is 964. The second-order valence-electron chi connectivity index (χ2n) is 8.05. The van der Waals surface area contributed by atoms with Crippen molar-refractivity contribution in [2.75, 3.05) is 13.1 Å². The van der Waals surface area contributed by atoms with Gasteiger partial charge in [-0.3, -0.25) is 14.6 Å². The van der Waals surface area contributed by atoms with Crippen molar-refractivity contribution < 1.29 is 4.79 Å². The molecule has 6 heteroatoms. The monoisotopic (exact) mass is 391 g/mol. The van der Waals surface area contributed by atoms with Crippen molar-refractivity contribution in [2.24, 2.45) is 0 Å². The van der Waals surface area contributed by atoms with Crippen molar-refractivity contribution in [2.45, 2.75) is 52.0 Å². The molecular formula is C23H29N5O. The van der Waals surface area contributed by atoms with Crippen LogP contribution in [0.1, 0.15) is 67.3 Å². The average Bonchev–Trinajstić information content (AvgIpc) is 3.41. The van der Waals surface area contributed by atoms with Gasteiger partial charge < -0.3 is 4.90 Å². The predicted molar refractivity (Wildman–Crippen MR) is 114 cm³/mol. The number of aromatic amines is 1. The zero-order valence-electron chi connectivity index (χ0n) is 17.4. The normalized spacial score (nSPS) is 15.2. The molecule has 1 saturated heterocycles. The molecule has 3 aromatic rings. The van der Waals surface area contributed by atoms with Crippen molar-refractivity contribution in [1.82, 2.24) is 24.9 Å². The highest BCUT2D eigenvalue weighted by Crippen LogP contribution is 2.34. The van der Waals surface area contributed by atoms with Gasteiger partial charge in [-0.1, -0.05) is 44.2 Å². The number of hydrogen-bond donors (Lipinski definition) is 1. The topological polar surface area (TPSA) is 66.8 Å². The maximum Gasteiger partial charge on any atom is 0.272 e. The van der Waals surface area contributed by atoms with Gasteiger partial charge in [0.1, 0.15) is 5.69 Å². The van der Waals surface area contributed by atoms with E-state index in [1.165, 1.54) is 16.8 Å². The first kappa shape index (κ1) is 19.4. The lowest BCUT2D eigenvalue weighted by Gasteiger charge is -2.32. The molecule has 0 unspecified atom stereocenters. The van der Waals surface area contributed by atoms with Gasteiger partial charge in [-0.15, -0.1) is 0 Å². The van der Waals surface area contributed by atoms with E-state index in [1.807, 2.05) is 34.8 Å². The van der Waals surface area contributed by atoms with Gasteiger partial charge in [0.2, 0.25) is 0 Å². The highest BCUT2D eigenvalue weighted by molar-refractivity contribution is 5.92. The maximum absolute atomic E-state index is 13.1. The highest BCUT2D eigenvalue weighted by atomic mass is 16.2. The van der Waals surface area contributed by atoms with Gasteiger partial charge in [0.15, 0.2) is 0 Å². The molecule has 152 valence electrons. The summed E-state index contributed by atoms with van der Waals surface area (Å²) in [6.45, 7) is 8.46. The lowest BCUT2D eigenvalue weighted by Crippen LogP contribution is -2.39. The smallest absolute Gasteiger partial charge is 0.272 e. The van der Waals surface area contributed by atoms with Crippen molar-refractivity contribution in [3.63, 3.8) is 0 Å². The van der Waals surface area contributed by atoms with Gasteiger partial charge in [-0.25, -0.2) is 0 Å². The minimum Gasteiger partial charge on any atom is -0.337 e. The number of amides is 1. The molecule has 1 N–H and O–H groups in total. The fraction of sp³-hybridized carbons (Fsp3) is 0.435. The number of rotatable bonds is 5. The number of likely N-dealkylation sites (tertiary alicyclic amines) is 1. The van der Waals surface area contributed by atoms with Crippen LogP contribution in [-0.4, -0.2) is 43.9 Å². The molecule has 1 amide bonds. The average molecular weight is 392 g/mol. The summed E-state index contributed by atoms with van der Waals surface area (Å²) < 4.78 is 1.84. The van der Waals surface area contributed by atoms with Crippen LogP contribution in [0.25, 0.3) is 11.1 Å². The number of nitrogens with zero attached hydrogens (tertiary/aromatic N) is 4. The molecule has 0 atom stereocenters. The van der Waals surface area contributed by atoms with Crippen LogP contribution < -0.4 is 0 Å². The van der Waals surface area contributed by atoms with Crippen molar-refractivity contribution in [3.8, 4) is 11.1 Å². The second kappa shape index (κ2) is 8.23. The van der Waals surface area contributed by atoms with E-state index in [-0.39, 0.29) is 5.91 Å². The summed E-state index contributed by atoms with van der Waals surface area (Å²) in [5.74, 6) is 0.800. The third-order valence-corrected chi connectivity index (χ3v) is 5.85. The van der Waals surface area contributed by atoms with Crippen LogP contribution >= 0.6 is 0 Å². The molecule has 1 aromatic carbocycles. The number of aryl methyl sites for hydroxylation is 1. The minimum absolute atomic E-state index is 0.0950. The van der Waals surface area contributed by atoms with Gasteiger partial charge in [-0.2, -0.15) is 10.2 Å². The third kappa shape index (κ3) is 3.84. The van der Waals surface area contributed by atoms with E-state index in [9.17, 15) is 4.79 Å². The largest absolute Gasteiger partial charge is 0.337 e. The number of hydrogen-bond acceptors (Lipinski definition) is 3. The van der Waals surface area contributed by atoms with Crippen LogP contribution in [0.15, 0.2) is 42.6 Å². The Kier molecular flexibility index (Phi) is 5.51. The lowest BCUT2D eigenvalue weighted by atomic mass is 9.89. The van der Waals surface area contributed by atoms with E-state index >= 15 is 0 Å². The molecule has 0 aliphatic carbocycles. The Labute approximate surface area is 171 Å². The fourth-order valence-corrected chi connectivity index (χ4v) is 4.12. The van der Waals surface area contributed by atoms with Crippen LogP contribution in [0.5, 0.6) is 0 Å². The number of aromatic nitrogens is 4. The van der Waals surface area contributed by atoms with E-state index in [1.54, 1.807) is 0 Å². The molecule has 1 fully saturated rings. The van der Waals surface area contributed by atoms with E-state index < -0.39 is 0 Å². The van der Waals surface area contributed by atoms with E-state index in [4.69, 9.17) is 0 Å². The number of carbonyl (C=O) groups is 1. The predicted octanol–water partition coefficient (Wildman–Crippen LogP) is 4.44. The van der Waals surface area contributed by atoms with Crippen molar-refractivity contribution in [3.05, 3.63) is 59.7 Å². The number of carbonyl (C=O) groups excluding carboxylic acids is 1. The molecule has 3 heterocycles. The van der Waals surface area contributed by atoms with E-state index in [2.05, 4.69) is 53.4 Å². The Hall–Kier alpha value is -2.89. The van der Waals surface area contributed by atoms with E-state index in [0.29, 0.717) is 24.1 Å². The van der Waals surface area contributed by atoms with Crippen LogP contribution in [0.3, 0.4) is 0 Å². The van der Waals surface area contributed by atoms with Gasteiger partial charge in [0.05, 0.1) is 11.9 Å². The SMILES string of the molecule is CCn1nc(C(C)C)cc1C(=O)N1CCC(c2[nH]ncc2-c2ccccc2)CC1. The summed E-state index contributed by atoms with van der Waals surface area (Å²) in [5.41, 5.74) is 5.23. The maximum atomic E-state index is 13.1. The highest BCUT2D eigenvalue weighted by Gasteiger charge is 2.29. The first-order chi connectivity index (χ1) is 14.1. The van der Waals surface area contributed by atoms with Gasteiger partial charge in [0.25, 0.3) is 5.91 Å². The zero-order valence-corrected chi connectivity index (χ0v) is 17.4. The molecule has 1 aliphatic rings. The number of benzene rings is 1. The van der Waals surface area contributed by atoms with Gasteiger partial charge in [-0.05, 0) is 37.3 Å². The molecule has 4 rings (SSSR count). The second-order valence-corrected chi connectivity index (χ2v) is 8.05. The molecule has 2 aromatic heterocycles. The Balaban J connectivity index is 1.47. The molecular weight excluding hydrogens is 362 g/mol. The molecule has 0 spiro atoms. The summed E-state index contributed by atoms with van der Waals surface area (Å²) in [5, 5.41) is 12.1. The van der Waals surface area contributed by atoms with E-state index in [0.717, 1.165) is 31.6 Å². The van der Waals surface area contributed by atoms with Crippen LogP contribution in [0, 0.1) is 0 Å². The molecule has 6 nitrogen and oxygen atoms in total. The third-order valence-electron chi connectivity index (χ3n) is 5.85. The van der Waals surface area contributed by atoms with Crippen molar-refractivity contribution >= 4 is 5.91 Å². The summed E-state index contributed by atoms with van der Waals surface area (Å²) >= 11 is 0. The number of piperidine rings is 1. The van der Waals surface area contributed by atoms with Crippen LogP contribution in [0.4, 0.5) is 0 Å². The summed E-state index contributed by atoms with van der Waals surface area (Å²) in [4.78, 5) is 15.1.